The van der Waals surface area contributed by atoms with Gasteiger partial charge in [0.15, 0.2) is 0 Å². The molecule has 5 nitrogen and oxygen atoms in total. The molecule has 0 saturated carbocycles. The number of nitrogens with one attached hydrogen (secondary N) is 1. The van der Waals surface area contributed by atoms with Crippen LogP contribution >= 0.6 is 22.7 Å². The molecule has 1 aromatic carbocycles. The third-order valence-electron chi connectivity index (χ3n) is 4.90. The van der Waals surface area contributed by atoms with E-state index < -0.39 is 10.0 Å². The summed E-state index contributed by atoms with van der Waals surface area (Å²) in [5, 5.41) is 2.88. The van der Waals surface area contributed by atoms with Gasteiger partial charge in [-0.25, -0.2) is 13.1 Å². The fourth-order valence-electron chi connectivity index (χ4n) is 3.42. The molecule has 0 unspecified atom stereocenters. The fourth-order valence-corrected chi connectivity index (χ4v) is 6.91. The number of nitrogens with zero attached hydrogens (tertiary/aromatic N) is 1. The molecule has 1 aliphatic heterocycles. The Balaban J connectivity index is 1.43. The Labute approximate surface area is 166 Å². The smallest absolute Gasteiger partial charge is 0.264 e. The van der Waals surface area contributed by atoms with E-state index in [0.29, 0.717) is 30.1 Å². The van der Waals surface area contributed by atoms with Crippen molar-refractivity contribution in [2.45, 2.75) is 30.0 Å². The van der Waals surface area contributed by atoms with Crippen molar-refractivity contribution >= 4 is 48.7 Å². The van der Waals surface area contributed by atoms with Crippen LogP contribution in [0.1, 0.15) is 28.1 Å². The van der Waals surface area contributed by atoms with Crippen molar-refractivity contribution in [2.75, 3.05) is 13.1 Å². The number of likely N-dealkylation sites (tertiary alicyclic amines) is 1. The second-order valence-corrected chi connectivity index (χ2v) is 10.6. The van der Waals surface area contributed by atoms with E-state index >= 15 is 0 Å². The number of fused-ring (bicyclic) bond motifs is 1. The number of hydrogen-bond donors (Lipinski definition) is 1. The van der Waals surface area contributed by atoms with E-state index in [1.807, 2.05) is 36.1 Å². The minimum Gasteiger partial charge on any atom is -0.338 e. The lowest BCUT2D eigenvalue weighted by molar-refractivity contribution is 0.0715. The van der Waals surface area contributed by atoms with Crippen molar-refractivity contribution < 1.29 is 13.2 Å². The van der Waals surface area contributed by atoms with Gasteiger partial charge in [-0.05, 0) is 48.2 Å². The molecular formula is C19H20N2O3S3. The number of amides is 1. The predicted octanol–water partition coefficient (Wildman–Crippen LogP) is 3.85. The minimum absolute atomic E-state index is 0.0493. The van der Waals surface area contributed by atoms with Crippen molar-refractivity contribution in [3.8, 4) is 0 Å². The van der Waals surface area contributed by atoms with Gasteiger partial charge in [0.1, 0.15) is 4.21 Å². The molecule has 0 aliphatic carbocycles. The standard InChI is InChI=1S/C19H20N2O3S3/c1-13-15-5-2-3-6-16(15)26-18(13)19(22)21-10-8-14(9-11-21)20-27(23,24)17-7-4-12-25-17/h2-7,12,14,20H,8-11H2,1H3. The molecule has 3 heterocycles. The number of piperidine rings is 1. The molecule has 27 heavy (non-hydrogen) atoms. The van der Waals surface area contributed by atoms with Crippen LogP contribution in [0.3, 0.4) is 0 Å². The van der Waals surface area contributed by atoms with Gasteiger partial charge in [0.25, 0.3) is 5.91 Å². The van der Waals surface area contributed by atoms with E-state index in [-0.39, 0.29) is 11.9 Å². The van der Waals surface area contributed by atoms with Crippen LogP contribution in [0.25, 0.3) is 10.1 Å². The molecular weight excluding hydrogens is 400 g/mol. The van der Waals surface area contributed by atoms with Gasteiger partial charge >= 0.3 is 0 Å². The van der Waals surface area contributed by atoms with Crippen LogP contribution in [-0.4, -0.2) is 38.4 Å². The number of sulfonamides is 1. The Morgan fingerprint density at radius 3 is 2.56 bits per heavy atom. The summed E-state index contributed by atoms with van der Waals surface area (Å²) in [6.07, 6.45) is 1.25. The van der Waals surface area contributed by atoms with Gasteiger partial charge in [0.2, 0.25) is 10.0 Å². The van der Waals surface area contributed by atoms with Crippen LogP contribution in [0, 0.1) is 6.92 Å². The maximum absolute atomic E-state index is 13.0. The van der Waals surface area contributed by atoms with Gasteiger partial charge in [-0.1, -0.05) is 24.3 Å². The summed E-state index contributed by atoms with van der Waals surface area (Å²) < 4.78 is 29.0. The maximum Gasteiger partial charge on any atom is 0.264 e. The zero-order valence-electron chi connectivity index (χ0n) is 14.8. The molecule has 4 rings (SSSR count). The van der Waals surface area contributed by atoms with Crippen LogP contribution in [0.5, 0.6) is 0 Å². The normalized spacial score (nSPS) is 16.1. The number of aryl methyl sites for hydroxylation is 1. The molecule has 1 fully saturated rings. The van der Waals surface area contributed by atoms with Crippen molar-refractivity contribution in [2.24, 2.45) is 0 Å². The summed E-state index contributed by atoms with van der Waals surface area (Å²) in [6.45, 7) is 3.11. The molecule has 0 spiro atoms. The lowest BCUT2D eigenvalue weighted by atomic mass is 10.1. The number of benzene rings is 1. The quantitative estimate of drug-likeness (QED) is 0.697. The molecule has 0 atom stereocenters. The highest BCUT2D eigenvalue weighted by atomic mass is 32.2. The lowest BCUT2D eigenvalue weighted by Gasteiger charge is -2.32. The summed E-state index contributed by atoms with van der Waals surface area (Å²) in [5.41, 5.74) is 1.03. The average molecular weight is 421 g/mol. The summed E-state index contributed by atoms with van der Waals surface area (Å²) in [4.78, 5) is 15.6. The molecule has 1 amide bonds. The number of rotatable bonds is 4. The van der Waals surface area contributed by atoms with Crippen molar-refractivity contribution in [1.29, 1.82) is 0 Å². The second-order valence-electron chi connectivity index (χ2n) is 6.67. The summed E-state index contributed by atoms with van der Waals surface area (Å²) in [5.74, 6) is 0.0493. The summed E-state index contributed by atoms with van der Waals surface area (Å²) >= 11 is 2.74. The van der Waals surface area contributed by atoms with Gasteiger partial charge in [0, 0.05) is 23.8 Å². The molecule has 3 aromatic rings. The zero-order chi connectivity index (χ0) is 19.0. The molecule has 1 saturated heterocycles. The topological polar surface area (TPSA) is 66.5 Å². The molecule has 0 bridgehead atoms. The monoisotopic (exact) mass is 420 g/mol. The maximum atomic E-state index is 13.0. The molecule has 2 aromatic heterocycles. The van der Waals surface area contributed by atoms with E-state index in [1.54, 1.807) is 17.5 Å². The average Bonchev–Trinajstić information content (AvgIpc) is 3.31. The first-order valence-corrected chi connectivity index (χ1v) is 12.0. The Bertz CT molecular complexity index is 1060. The minimum atomic E-state index is -3.46. The number of hydrogen-bond acceptors (Lipinski definition) is 5. The van der Waals surface area contributed by atoms with E-state index in [9.17, 15) is 13.2 Å². The second kappa shape index (κ2) is 7.35. The third kappa shape index (κ3) is 3.67. The van der Waals surface area contributed by atoms with Gasteiger partial charge in [0.05, 0.1) is 4.88 Å². The van der Waals surface area contributed by atoms with Crippen molar-refractivity contribution in [3.63, 3.8) is 0 Å². The largest absolute Gasteiger partial charge is 0.338 e. The van der Waals surface area contributed by atoms with Crippen molar-refractivity contribution in [3.05, 3.63) is 52.2 Å². The first-order valence-electron chi connectivity index (χ1n) is 8.79. The first kappa shape index (κ1) is 18.6. The van der Waals surface area contributed by atoms with Gasteiger partial charge in [-0.3, -0.25) is 4.79 Å². The van der Waals surface area contributed by atoms with Crippen LogP contribution in [0.2, 0.25) is 0 Å². The Morgan fingerprint density at radius 2 is 1.89 bits per heavy atom. The number of carbonyl (C=O) groups is 1. The molecule has 8 heteroatoms. The molecule has 1 N–H and O–H groups in total. The van der Waals surface area contributed by atoms with Gasteiger partial charge < -0.3 is 4.90 Å². The highest BCUT2D eigenvalue weighted by Crippen LogP contribution is 2.32. The molecule has 0 radical (unpaired) electrons. The van der Waals surface area contributed by atoms with E-state index in [4.69, 9.17) is 0 Å². The SMILES string of the molecule is Cc1c(C(=O)N2CCC(NS(=O)(=O)c3cccs3)CC2)sc2ccccc12. The van der Waals surface area contributed by atoms with Crippen LogP contribution < -0.4 is 4.72 Å². The highest BCUT2D eigenvalue weighted by Gasteiger charge is 2.29. The van der Waals surface area contributed by atoms with Crippen LogP contribution in [0.15, 0.2) is 46.0 Å². The Morgan fingerprint density at radius 1 is 1.15 bits per heavy atom. The third-order valence-corrected chi connectivity index (χ3v) is 9.08. The van der Waals surface area contributed by atoms with Crippen LogP contribution in [0.4, 0.5) is 0 Å². The lowest BCUT2D eigenvalue weighted by Crippen LogP contribution is -2.46. The Kier molecular flexibility index (Phi) is 5.07. The van der Waals surface area contributed by atoms with E-state index in [2.05, 4.69) is 4.72 Å². The highest BCUT2D eigenvalue weighted by molar-refractivity contribution is 7.91. The molecule has 1 aliphatic rings. The summed E-state index contributed by atoms with van der Waals surface area (Å²) in [7, 11) is -3.46. The van der Waals surface area contributed by atoms with E-state index in [0.717, 1.165) is 20.5 Å². The number of thiophene rings is 2. The predicted molar refractivity (Wildman–Crippen MR) is 110 cm³/mol. The first-order chi connectivity index (χ1) is 13.0. The van der Waals surface area contributed by atoms with E-state index in [1.165, 1.54) is 22.7 Å². The summed E-state index contributed by atoms with van der Waals surface area (Å²) in [6, 6.07) is 11.3. The van der Waals surface area contributed by atoms with Gasteiger partial charge in [-0.2, -0.15) is 0 Å². The van der Waals surface area contributed by atoms with Gasteiger partial charge in [-0.15, -0.1) is 22.7 Å². The number of carbonyl (C=O) groups excluding carboxylic acids is 1. The fraction of sp³-hybridized carbons (Fsp3) is 0.316. The Hall–Kier alpha value is -1.74. The van der Waals surface area contributed by atoms with Crippen LogP contribution in [-0.2, 0) is 10.0 Å². The molecule has 142 valence electrons. The van der Waals surface area contributed by atoms with Crippen molar-refractivity contribution in [1.82, 2.24) is 9.62 Å². The zero-order valence-corrected chi connectivity index (χ0v) is 17.3.